The van der Waals surface area contributed by atoms with Crippen molar-refractivity contribution < 1.29 is 10.2 Å². The van der Waals surface area contributed by atoms with E-state index >= 15 is 0 Å². The lowest BCUT2D eigenvalue weighted by molar-refractivity contribution is -0.0481. The number of aliphatic hydroxyl groups excluding tert-OH is 2. The molecule has 0 rings (SSSR count). The highest BCUT2D eigenvalue weighted by atomic mass is 16.3. The molecule has 0 bridgehead atoms. The van der Waals surface area contributed by atoms with Crippen molar-refractivity contribution in [2.75, 3.05) is 0 Å². The van der Waals surface area contributed by atoms with E-state index in [0.29, 0.717) is 0 Å². The molecule has 2 unspecified atom stereocenters. The minimum absolute atomic E-state index is 0.224. The highest BCUT2D eigenvalue weighted by molar-refractivity contribution is 4.79. The average molecular weight is 286 g/mol. The lowest BCUT2D eigenvalue weighted by atomic mass is 9.84. The van der Waals surface area contributed by atoms with Crippen molar-refractivity contribution in [2.24, 2.45) is 5.41 Å². The molecular formula is C18H38O2. The third-order valence-electron chi connectivity index (χ3n) is 4.11. The van der Waals surface area contributed by atoms with Crippen LogP contribution in [0.15, 0.2) is 0 Å². The van der Waals surface area contributed by atoms with Gasteiger partial charge in [0.2, 0.25) is 0 Å². The van der Waals surface area contributed by atoms with Crippen LogP contribution < -0.4 is 0 Å². The normalized spacial score (nSPS) is 15.3. The zero-order valence-electron chi connectivity index (χ0n) is 14.3. The second-order valence-electron chi connectivity index (χ2n) is 7.35. The van der Waals surface area contributed by atoms with E-state index in [1.54, 1.807) is 0 Å². The number of hydrogen-bond acceptors (Lipinski definition) is 2. The summed E-state index contributed by atoms with van der Waals surface area (Å²) in [6, 6.07) is 0. The molecule has 0 heterocycles. The van der Waals surface area contributed by atoms with Crippen LogP contribution in [0.5, 0.6) is 0 Å². The maximum Gasteiger partial charge on any atom is 0.0847 e. The molecule has 0 spiro atoms. The first-order valence-electron chi connectivity index (χ1n) is 8.75. The van der Waals surface area contributed by atoms with Gasteiger partial charge < -0.3 is 10.2 Å². The van der Waals surface area contributed by atoms with Gasteiger partial charge >= 0.3 is 0 Å². The van der Waals surface area contributed by atoms with Crippen LogP contribution >= 0.6 is 0 Å². The summed E-state index contributed by atoms with van der Waals surface area (Å²) in [5.74, 6) is 0. The van der Waals surface area contributed by atoms with Gasteiger partial charge in [0.1, 0.15) is 0 Å². The summed E-state index contributed by atoms with van der Waals surface area (Å²) < 4.78 is 0. The summed E-state index contributed by atoms with van der Waals surface area (Å²) >= 11 is 0. The van der Waals surface area contributed by atoms with Crippen molar-refractivity contribution in [1.82, 2.24) is 0 Å². The quantitative estimate of drug-likeness (QED) is 0.492. The highest BCUT2D eigenvalue weighted by Gasteiger charge is 2.28. The Morgan fingerprint density at radius 2 is 1.10 bits per heavy atom. The van der Waals surface area contributed by atoms with Crippen LogP contribution in [0.3, 0.4) is 0 Å². The van der Waals surface area contributed by atoms with Crippen molar-refractivity contribution in [2.45, 2.75) is 111 Å². The summed E-state index contributed by atoms with van der Waals surface area (Å²) in [5, 5.41) is 19.9. The second kappa shape index (κ2) is 11.6. The zero-order chi connectivity index (χ0) is 15.4. The predicted molar refractivity (Wildman–Crippen MR) is 87.9 cm³/mol. The molecule has 2 atom stereocenters. The van der Waals surface area contributed by atoms with E-state index in [-0.39, 0.29) is 5.41 Å². The first-order valence-corrected chi connectivity index (χ1v) is 8.75. The molecule has 0 fully saturated rings. The molecule has 0 radical (unpaired) electrons. The van der Waals surface area contributed by atoms with Gasteiger partial charge in [0.05, 0.1) is 12.2 Å². The molecule has 2 nitrogen and oxygen atoms in total. The summed E-state index contributed by atoms with van der Waals surface area (Å²) in [4.78, 5) is 0. The number of hydrogen-bond donors (Lipinski definition) is 2. The summed E-state index contributed by atoms with van der Waals surface area (Å²) in [7, 11) is 0. The van der Waals surface area contributed by atoms with Gasteiger partial charge in [-0.3, -0.25) is 0 Å². The fourth-order valence-electron chi connectivity index (χ4n) is 2.58. The number of rotatable bonds is 12. The third kappa shape index (κ3) is 10.7. The average Bonchev–Trinajstić information content (AvgIpc) is 2.38. The number of aliphatic hydroxyl groups is 2. The van der Waals surface area contributed by atoms with Crippen molar-refractivity contribution in [3.63, 3.8) is 0 Å². The van der Waals surface area contributed by atoms with Crippen LogP contribution in [0, 0.1) is 5.41 Å². The van der Waals surface area contributed by atoms with Crippen LogP contribution in [-0.4, -0.2) is 22.4 Å². The van der Waals surface area contributed by atoms with E-state index in [4.69, 9.17) is 0 Å². The lowest BCUT2D eigenvalue weighted by Crippen LogP contribution is -2.37. The molecule has 0 aromatic heterocycles. The summed E-state index contributed by atoms with van der Waals surface area (Å²) in [5.41, 5.74) is -0.224. The zero-order valence-corrected chi connectivity index (χ0v) is 14.3. The Morgan fingerprint density at radius 1 is 0.700 bits per heavy atom. The Morgan fingerprint density at radius 3 is 1.50 bits per heavy atom. The topological polar surface area (TPSA) is 40.5 Å². The van der Waals surface area contributed by atoms with Gasteiger partial charge in [-0.2, -0.15) is 0 Å². The molecule has 0 aliphatic rings. The molecular weight excluding hydrogens is 248 g/mol. The van der Waals surface area contributed by atoms with E-state index in [1.165, 1.54) is 57.8 Å². The SMILES string of the molecule is CCCCCCCCCCCCC(O)C(O)C(C)(C)C. The van der Waals surface area contributed by atoms with Crippen LogP contribution in [0.4, 0.5) is 0 Å². The Balaban J connectivity index is 3.36. The van der Waals surface area contributed by atoms with Gasteiger partial charge in [-0.05, 0) is 11.8 Å². The van der Waals surface area contributed by atoms with E-state index < -0.39 is 12.2 Å². The highest BCUT2D eigenvalue weighted by Crippen LogP contribution is 2.24. The standard InChI is InChI=1S/C18H38O2/c1-5-6-7-8-9-10-11-12-13-14-15-16(19)17(20)18(2,3)4/h16-17,19-20H,5-15H2,1-4H3. The van der Waals surface area contributed by atoms with Gasteiger partial charge in [0.25, 0.3) is 0 Å². The van der Waals surface area contributed by atoms with Crippen LogP contribution in [0.2, 0.25) is 0 Å². The van der Waals surface area contributed by atoms with Gasteiger partial charge in [-0.15, -0.1) is 0 Å². The van der Waals surface area contributed by atoms with E-state index in [2.05, 4.69) is 6.92 Å². The van der Waals surface area contributed by atoms with Crippen LogP contribution in [0.25, 0.3) is 0 Å². The van der Waals surface area contributed by atoms with Gasteiger partial charge in [0.15, 0.2) is 0 Å². The molecule has 0 aromatic rings. The van der Waals surface area contributed by atoms with Crippen molar-refractivity contribution >= 4 is 0 Å². The first-order chi connectivity index (χ1) is 9.39. The van der Waals surface area contributed by atoms with E-state index in [1.807, 2.05) is 20.8 Å². The predicted octanol–water partition coefficient (Wildman–Crippen LogP) is 5.07. The molecule has 20 heavy (non-hydrogen) atoms. The van der Waals surface area contributed by atoms with Crippen molar-refractivity contribution in [3.8, 4) is 0 Å². The van der Waals surface area contributed by atoms with Crippen LogP contribution in [-0.2, 0) is 0 Å². The molecule has 0 saturated carbocycles. The largest absolute Gasteiger partial charge is 0.390 e. The van der Waals surface area contributed by atoms with E-state index in [9.17, 15) is 10.2 Å². The molecule has 0 amide bonds. The lowest BCUT2D eigenvalue weighted by Gasteiger charge is -2.30. The fourth-order valence-corrected chi connectivity index (χ4v) is 2.58. The van der Waals surface area contributed by atoms with Crippen molar-refractivity contribution in [1.29, 1.82) is 0 Å². The third-order valence-corrected chi connectivity index (χ3v) is 4.11. The van der Waals surface area contributed by atoms with Gasteiger partial charge in [0, 0.05) is 0 Å². The molecule has 0 aliphatic heterocycles. The smallest absolute Gasteiger partial charge is 0.0847 e. The van der Waals surface area contributed by atoms with Crippen LogP contribution in [0.1, 0.15) is 98.3 Å². The molecule has 2 heteroatoms. The molecule has 2 N–H and O–H groups in total. The second-order valence-corrected chi connectivity index (χ2v) is 7.35. The monoisotopic (exact) mass is 286 g/mol. The maximum absolute atomic E-state index is 9.95. The molecule has 0 saturated heterocycles. The molecule has 122 valence electrons. The molecule has 0 aromatic carbocycles. The minimum atomic E-state index is -0.610. The molecule has 0 aliphatic carbocycles. The fraction of sp³-hybridized carbons (Fsp3) is 1.00. The van der Waals surface area contributed by atoms with Gasteiger partial charge in [-0.25, -0.2) is 0 Å². The summed E-state index contributed by atoms with van der Waals surface area (Å²) in [6.45, 7) is 8.17. The minimum Gasteiger partial charge on any atom is -0.390 e. The Bertz CT molecular complexity index is 208. The maximum atomic E-state index is 9.95. The van der Waals surface area contributed by atoms with Crippen molar-refractivity contribution in [3.05, 3.63) is 0 Å². The first kappa shape index (κ1) is 19.9. The summed E-state index contributed by atoms with van der Waals surface area (Å²) in [6.07, 6.45) is 12.6. The van der Waals surface area contributed by atoms with Gasteiger partial charge in [-0.1, -0.05) is 91.9 Å². The Labute approximate surface area is 127 Å². The number of unbranched alkanes of at least 4 members (excludes halogenated alkanes) is 9. The Kier molecular flexibility index (Phi) is 11.5. The van der Waals surface area contributed by atoms with E-state index in [0.717, 1.165) is 12.8 Å². The Hall–Kier alpha value is -0.0800.